The maximum atomic E-state index is 13.8. The second kappa shape index (κ2) is 10.1. The lowest BCUT2D eigenvalue weighted by atomic mass is 9.90. The van der Waals surface area contributed by atoms with Crippen LogP contribution < -0.4 is 21.6 Å². The summed E-state index contributed by atoms with van der Waals surface area (Å²) in [6, 6.07) is 10.6. The highest BCUT2D eigenvalue weighted by Crippen LogP contribution is 2.37. The number of hydrogen-bond donors (Lipinski definition) is 4. The fourth-order valence-corrected chi connectivity index (χ4v) is 4.39. The number of halogens is 2. The summed E-state index contributed by atoms with van der Waals surface area (Å²) in [6.45, 7) is 7.11. The Labute approximate surface area is 223 Å². The zero-order valence-electron chi connectivity index (χ0n) is 22.1. The number of fused-ring (bicyclic) bond motifs is 1. The molecule has 1 fully saturated rings. The quantitative estimate of drug-likeness (QED) is 0.266. The highest BCUT2D eigenvalue weighted by molar-refractivity contribution is 6.35. The van der Waals surface area contributed by atoms with Gasteiger partial charge in [0, 0.05) is 36.1 Å². The van der Waals surface area contributed by atoms with Gasteiger partial charge in [0.15, 0.2) is 0 Å². The molecule has 0 unspecified atom stereocenters. The van der Waals surface area contributed by atoms with Crippen molar-refractivity contribution in [1.29, 1.82) is 5.26 Å². The number of nitrogens with one attached hydrogen (secondary N) is 4. The molecule has 7 nitrogen and oxygen atoms in total. The van der Waals surface area contributed by atoms with E-state index in [0.717, 1.165) is 19.3 Å². The summed E-state index contributed by atoms with van der Waals surface area (Å²) in [6.07, 6.45) is 6.52. The first-order valence-corrected chi connectivity index (χ1v) is 12.8. The monoisotopic (exact) mass is 520 g/mol. The van der Waals surface area contributed by atoms with E-state index in [1.807, 2.05) is 17.3 Å². The van der Waals surface area contributed by atoms with Crippen molar-refractivity contribution in [2.24, 2.45) is 5.41 Å². The largest absolute Gasteiger partial charge is 0.383 e. The minimum absolute atomic E-state index is 0.0158. The fraction of sp³-hybridized carbons (Fsp3) is 0.357. The van der Waals surface area contributed by atoms with E-state index in [9.17, 15) is 11.0 Å². The minimum Gasteiger partial charge on any atom is -0.383 e. The molecule has 0 amide bonds. The normalized spacial score (nSPS) is 17.5. The highest BCUT2D eigenvalue weighted by Gasteiger charge is 2.32. The van der Waals surface area contributed by atoms with Gasteiger partial charge in [0.25, 0.3) is 0 Å². The molecule has 3 aromatic rings. The van der Waals surface area contributed by atoms with Crippen molar-refractivity contribution >= 4 is 33.9 Å². The molecule has 37 heavy (non-hydrogen) atoms. The molecule has 2 aromatic carbocycles. The Hall–Kier alpha value is -3.54. The van der Waals surface area contributed by atoms with Gasteiger partial charge in [0.1, 0.15) is 11.9 Å². The third kappa shape index (κ3) is 5.43. The molecule has 2 heterocycles. The van der Waals surface area contributed by atoms with Crippen molar-refractivity contribution in [3.8, 4) is 6.07 Å². The third-order valence-corrected chi connectivity index (χ3v) is 7.23. The van der Waals surface area contributed by atoms with E-state index in [-0.39, 0.29) is 11.2 Å². The van der Waals surface area contributed by atoms with Gasteiger partial charge >= 0.3 is 0 Å². The van der Waals surface area contributed by atoms with E-state index in [0.29, 0.717) is 56.7 Å². The molecule has 0 bridgehead atoms. The maximum absolute atomic E-state index is 13.8. The number of aromatic nitrogens is 1. The summed E-state index contributed by atoms with van der Waals surface area (Å²) < 4.78 is 23.3. The molecule has 0 saturated heterocycles. The van der Waals surface area contributed by atoms with E-state index in [4.69, 9.17) is 11.6 Å². The third-order valence-electron chi connectivity index (χ3n) is 6.95. The van der Waals surface area contributed by atoms with Crippen LogP contribution in [0.4, 0.5) is 15.8 Å². The van der Waals surface area contributed by atoms with Crippen molar-refractivity contribution < 1.29 is 5.76 Å². The molecular weight excluding hydrogens is 489 g/mol. The Bertz CT molecular complexity index is 1430. The Balaban J connectivity index is 1.59. The van der Waals surface area contributed by atoms with Crippen LogP contribution in [0, 0.1) is 22.6 Å². The van der Waals surface area contributed by atoms with Crippen LogP contribution in [0.25, 0.3) is 10.9 Å². The maximum Gasteiger partial charge on any atom is 0.123 e. The Morgan fingerprint density at radius 2 is 2.08 bits per heavy atom. The lowest BCUT2D eigenvalue weighted by Crippen LogP contribution is -2.38. The number of nitriles is 1. The van der Waals surface area contributed by atoms with Crippen LogP contribution >= 0.6 is 11.6 Å². The summed E-state index contributed by atoms with van der Waals surface area (Å²) in [5.74, 6) is -0.378. The first-order chi connectivity index (χ1) is 18.1. The molecule has 5 rings (SSSR count). The second-order valence-electron chi connectivity index (χ2n) is 10.3. The minimum atomic E-state index is -1.50. The number of pyridine rings is 1. The van der Waals surface area contributed by atoms with E-state index in [2.05, 4.69) is 53.4 Å². The molecular formula is C28H31ClFN7. The molecule has 1 aromatic heterocycles. The van der Waals surface area contributed by atoms with Gasteiger partial charge in [-0.15, -0.1) is 5.53 Å². The van der Waals surface area contributed by atoms with Gasteiger partial charge in [0.05, 0.1) is 34.9 Å². The number of anilines is 2. The standard InChI is InChI=1S/C28H31ClFN7/c1-4-28(2,3)16-33-25-18(13-31)14-32-27-22(25)11-20(12-23(27)29)34-26(17-5-7-19(30)8-6-17)24-15-37(36-35-24)21-9-10-21/h5-8,11-12,14-15,21,26,34-36H,4,9-10,16H2,1-3H3,(H,32,33)/t26-/m1/s1/i26D. The molecule has 2 aliphatic rings. The highest BCUT2D eigenvalue weighted by atomic mass is 35.5. The predicted molar refractivity (Wildman–Crippen MR) is 146 cm³/mol. The van der Waals surface area contributed by atoms with Gasteiger partial charge in [-0.1, -0.05) is 44.5 Å². The van der Waals surface area contributed by atoms with Crippen molar-refractivity contribution in [3.63, 3.8) is 0 Å². The Morgan fingerprint density at radius 1 is 1.32 bits per heavy atom. The van der Waals surface area contributed by atoms with Crippen molar-refractivity contribution in [2.45, 2.75) is 52.1 Å². The fourth-order valence-electron chi connectivity index (χ4n) is 4.12. The molecule has 1 aliphatic heterocycles. The van der Waals surface area contributed by atoms with Gasteiger partial charge in [-0.3, -0.25) is 9.99 Å². The lowest BCUT2D eigenvalue weighted by molar-refractivity contribution is 0.260. The van der Waals surface area contributed by atoms with Crippen molar-refractivity contribution in [3.05, 3.63) is 76.5 Å². The van der Waals surface area contributed by atoms with Crippen LogP contribution in [-0.4, -0.2) is 22.6 Å². The van der Waals surface area contributed by atoms with E-state index in [1.165, 1.54) is 18.3 Å². The molecule has 1 saturated carbocycles. The molecule has 9 heteroatoms. The van der Waals surface area contributed by atoms with Gasteiger partial charge in [-0.2, -0.15) is 5.26 Å². The van der Waals surface area contributed by atoms with Crippen LogP contribution in [0.1, 0.15) is 58.5 Å². The van der Waals surface area contributed by atoms with E-state index in [1.54, 1.807) is 18.2 Å². The molecule has 192 valence electrons. The number of nitrogens with zero attached hydrogens (tertiary/aromatic N) is 3. The van der Waals surface area contributed by atoms with Crippen LogP contribution in [0.15, 0.2) is 54.5 Å². The van der Waals surface area contributed by atoms with E-state index < -0.39 is 6.02 Å². The average molecular weight is 521 g/mol. The number of hydrogen-bond acceptors (Lipinski definition) is 7. The van der Waals surface area contributed by atoms with Crippen LogP contribution in [-0.2, 0) is 0 Å². The van der Waals surface area contributed by atoms with Crippen LogP contribution in [0.2, 0.25) is 5.02 Å². The summed E-state index contributed by atoms with van der Waals surface area (Å²) in [7, 11) is 0. The summed E-state index contributed by atoms with van der Waals surface area (Å²) in [5, 5.41) is 19.6. The number of hydrazine groups is 2. The van der Waals surface area contributed by atoms with Gasteiger partial charge in [0.2, 0.25) is 0 Å². The van der Waals surface area contributed by atoms with Crippen molar-refractivity contribution in [2.75, 3.05) is 17.2 Å². The van der Waals surface area contributed by atoms with Crippen LogP contribution in [0.5, 0.6) is 0 Å². The second-order valence-corrected chi connectivity index (χ2v) is 10.7. The lowest BCUT2D eigenvalue weighted by Gasteiger charge is -2.25. The first kappa shape index (κ1) is 23.8. The Morgan fingerprint density at radius 3 is 2.76 bits per heavy atom. The smallest absolute Gasteiger partial charge is 0.123 e. The topological polar surface area (TPSA) is 88.0 Å². The van der Waals surface area contributed by atoms with Crippen molar-refractivity contribution in [1.82, 2.24) is 21.0 Å². The molecule has 0 radical (unpaired) electrons. The summed E-state index contributed by atoms with van der Waals surface area (Å²) >= 11 is 6.70. The zero-order chi connectivity index (χ0) is 27.1. The SMILES string of the molecule is [2H][C@](Nc1cc(Cl)c2ncc(C#N)c(NCC(C)(C)CC)c2c1)(C1=CN(C2CC2)NN1)c1ccc(F)cc1. The number of benzene rings is 2. The van der Waals surface area contributed by atoms with Crippen LogP contribution in [0.3, 0.4) is 0 Å². The van der Waals surface area contributed by atoms with Gasteiger partial charge in [-0.25, -0.2) is 4.39 Å². The van der Waals surface area contributed by atoms with E-state index >= 15 is 0 Å². The Kier molecular flexibility index (Phi) is 6.49. The zero-order valence-corrected chi connectivity index (χ0v) is 21.9. The number of rotatable bonds is 9. The average Bonchev–Trinajstić information content (AvgIpc) is 3.63. The van der Waals surface area contributed by atoms with Gasteiger partial charge in [-0.05, 0) is 54.5 Å². The predicted octanol–water partition coefficient (Wildman–Crippen LogP) is 6.23. The molecule has 1 aliphatic carbocycles. The summed E-state index contributed by atoms with van der Waals surface area (Å²) in [5.41, 5.74) is 9.54. The van der Waals surface area contributed by atoms with Gasteiger partial charge < -0.3 is 16.1 Å². The first-order valence-electron chi connectivity index (χ1n) is 13.0. The molecule has 1 atom stereocenters. The molecule has 4 N–H and O–H groups in total. The molecule has 0 spiro atoms. The summed E-state index contributed by atoms with van der Waals surface area (Å²) in [4.78, 5) is 4.44.